The lowest BCUT2D eigenvalue weighted by Gasteiger charge is -2.26. The van der Waals surface area contributed by atoms with Gasteiger partial charge < -0.3 is 9.47 Å². The Morgan fingerprint density at radius 3 is 2.52 bits per heavy atom. The fraction of sp³-hybridized carbons (Fsp3) is 0.368. The third-order valence-corrected chi connectivity index (χ3v) is 4.23. The van der Waals surface area contributed by atoms with Crippen LogP contribution < -0.4 is 4.74 Å². The summed E-state index contributed by atoms with van der Waals surface area (Å²) < 4.78 is 11.2. The van der Waals surface area contributed by atoms with Gasteiger partial charge in [0, 0.05) is 18.1 Å². The van der Waals surface area contributed by atoms with Gasteiger partial charge in [0.2, 0.25) is 0 Å². The Morgan fingerprint density at radius 2 is 1.78 bits per heavy atom. The van der Waals surface area contributed by atoms with Gasteiger partial charge in [-0.05, 0) is 55.3 Å². The average Bonchev–Trinajstić information content (AvgIpc) is 2.58. The molecule has 23 heavy (non-hydrogen) atoms. The van der Waals surface area contributed by atoms with Crippen molar-refractivity contribution in [1.29, 1.82) is 0 Å². The lowest BCUT2D eigenvalue weighted by atomic mass is 10.1. The molecule has 0 atom stereocenters. The number of benzene rings is 2. The van der Waals surface area contributed by atoms with Gasteiger partial charge in [-0.25, -0.2) is 0 Å². The molecule has 1 saturated heterocycles. The largest absolute Gasteiger partial charge is 0.457 e. The van der Waals surface area contributed by atoms with Crippen molar-refractivity contribution in [1.82, 2.24) is 4.90 Å². The van der Waals surface area contributed by atoms with Crippen LogP contribution in [0.5, 0.6) is 11.5 Å². The molecule has 0 spiro atoms. The summed E-state index contributed by atoms with van der Waals surface area (Å²) in [5, 5.41) is 0.683. The van der Waals surface area contributed by atoms with Crippen LogP contribution >= 0.6 is 11.6 Å². The Hall–Kier alpha value is -1.55. The number of ether oxygens (including phenoxy) is 2. The first kappa shape index (κ1) is 16.3. The molecule has 1 heterocycles. The highest BCUT2D eigenvalue weighted by molar-refractivity contribution is 6.30. The van der Waals surface area contributed by atoms with E-state index >= 15 is 0 Å². The van der Waals surface area contributed by atoms with Crippen LogP contribution in [-0.4, -0.2) is 37.7 Å². The van der Waals surface area contributed by atoms with Crippen molar-refractivity contribution in [3.8, 4) is 11.5 Å². The van der Waals surface area contributed by atoms with E-state index in [2.05, 4.69) is 17.0 Å². The molecular formula is C19H22ClNO2. The van der Waals surface area contributed by atoms with Crippen molar-refractivity contribution >= 4 is 11.6 Å². The van der Waals surface area contributed by atoms with Crippen LogP contribution in [0.4, 0.5) is 0 Å². The van der Waals surface area contributed by atoms with E-state index in [9.17, 15) is 0 Å². The molecule has 3 nitrogen and oxygen atoms in total. The van der Waals surface area contributed by atoms with Crippen LogP contribution in [0.3, 0.4) is 0 Å². The number of halogens is 1. The maximum atomic E-state index is 5.97. The third kappa shape index (κ3) is 5.24. The minimum Gasteiger partial charge on any atom is -0.457 e. The van der Waals surface area contributed by atoms with E-state index in [0.717, 1.165) is 50.8 Å². The van der Waals surface area contributed by atoms with Gasteiger partial charge in [0.1, 0.15) is 11.5 Å². The van der Waals surface area contributed by atoms with Gasteiger partial charge in [-0.15, -0.1) is 0 Å². The molecule has 3 rings (SSSR count). The lowest BCUT2D eigenvalue weighted by molar-refractivity contribution is 0.0374. The minimum absolute atomic E-state index is 0.683. The standard InChI is InChI=1S/C19H22ClNO2/c20-17-4-1-5-19(15-17)23-18-8-6-16(7-9-18)3-2-10-21-11-13-22-14-12-21/h1,4-9,15H,2-3,10-14H2. The second-order valence-corrected chi connectivity index (χ2v) is 6.20. The molecule has 0 amide bonds. The van der Waals surface area contributed by atoms with Gasteiger partial charge >= 0.3 is 0 Å². The van der Waals surface area contributed by atoms with Gasteiger partial charge in [0.25, 0.3) is 0 Å². The number of rotatable bonds is 6. The first-order chi connectivity index (χ1) is 11.3. The van der Waals surface area contributed by atoms with Crippen molar-refractivity contribution in [2.24, 2.45) is 0 Å². The molecule has 4 heteroatoms. The number of aryl methyl sites for hydroxylation is 1. The van der Waals surface area contributed by atoms with E-state index in [-0.39, 0.29) is 0 Å². The number of morpholine rings is 1. The number of nitrogens with zero attached hydrogens (tertiary/aromatic N) is 1. The Labute approximate surface area is 142 Å². The highest BCUT2D eigenvalue weighted by Crippen LogP contribution is 2.24. The summed E-state index contributed by atoms with van der Waals surface area (Å²) >= 11 is 5.97. The zero-order chi connectivity index (χ0) is 15.9. The SMILES string of the molecule is Clc1cccc(Oc2ccc(CCCN3CCOCC3)cc2)c1. The van der Waals surface area contributed by atoms with Crippen molar-refractivity contribution in [2.75, 3.05) is 32.8 Å². The summed E-state index contributed by atoms with van der Waals surface area (Å²) in [5.41, 5.74) is 1.34. The van der Waals surface area contributed by atoms with E-state index in [1.54, 1.807) is 0 Å². The number of hydrogen-bond donors (Lipinski definition) is 0. The zero-order valence-electron chi connectivity index (χ0n) is 13.2. The highest BCUT2D eigenvalue weighted by Gasteiger charge is 2.09. The van der Waals surface area contributed by atoms with Gasteiger partial charge in [0.15, 0.2) is 0 Å². The summed E-state index contributed by atoms with van der Waals surface area (Å²) in [6.45, 7) is 5.01. The normalized spacial score (nSPS) is 15.5. The second kappa shape index (κ2) is 8.34. The topological polar surface area (TPSA) is 21.7 Å². The molecule has 1 aliphatic heterocycles. The average molecular weight is 332 g/mol. The van der Waals surface area contributed by atoms with Crippen molar-refractivity contribution in [2.45, 2.75) is 12.8 Å². The van der Waals surface area contributed by atoms with Crippen LogP contribution in [0.2, 0.25) is 5.02 Å². The first-order valence-electron chi connectivity index (χ1n) is 8.12. The quantitative estimate of drug-likeness (QED) is 0.783. The molecule has 0 bridgehead atoms. The molecule has 0 unspecified atom stereocenters. The predicted molar refractivity (Wildman–Crippen MR) is 93.5 cm³/mol. The van der Waals surface area contributed by atoms with Crippen LogP contribution in [0.15, 0.2) is 48.5 Å². The fourth-order valence-electron chi connectivity index (χ4n) is 2.72. The van der Waals surface area contributed by atoms with Crippen LogP contribution in [0, 0.1) is 0 Å². The second-order valence-electron chi connectivity index (χ2n) is 5.76. The van der Waals surface area contributed by atoms with E-state index in [1.807, 2.05) is 36.4 Å². The van der Waals surface area contributed by atoms with Gasteiger partial charge in [-0.2, -0.15) is 0 Å². The molecule has 1 fully saturated rings. The van der Waals surface area contributed by atoms with Crippen LogP contribution in [0.1, 0.15) is 12.0 Å². The summed E-state index contributed by atoms with van der Waals surface area (Å²) in [4.78, 5) is 2.47. The third-order valence-electron chi connectivity index (χ3n) is 4.00. The van der Waals surface area contributed by atoms with Crippen molar-refractivity contribution in [3.05, 3.63) is 59.1 Å². The maximum Gasteiger partial charge on any atom is 0.128 e. The fourth-order valence-corrected chi connectivity index (χ4v) is 2.90. The molecule has 0 N–H and O–H groups in total. The van der Waals surface area contributed by atoms with Crippen molar-refractivity contribution in [3.63, 3.8) is 0 Å². The van der Waals surface area contributed by atoms with E-state index in [1.165, 1.54) is 12.0 Å². The molecule has 2 aromatic rings. The Balaban J connectivity index is 1.47. The van der Waals surface area contributed by atoms with Crippen molar-refractivity contribution < 1.29 is 9.47 Å². The molecule has 0 aliphatic carbocycles. The molecule has 2 aromatic carbocycles. The molecule has 0 aromatic heterocycles. The summed E-state index contributed by atoms with van der Waals surface area (Å²) in [7, 11) is 0. The van der Waals surface area contributed by atoms with E-state index in [4.69, 9.17) is 21.1 Å². The van der Waals surface area contributed by atoms with Crippen LogP contribution in [0.25, 0.3) is 0 Å². The summed E-state index contributed by atoms with van der Waals surface area (Å²) in [6.07, 6.45) is 2.27. The number of hydrogen-bond acceptors (Lipinski definition) is 3. The highest BCUT2D eigenvalue weighted by atomic mass is 35.5. The maximum absolute atomic E-state index is 5.97. The Bertz CT molecular complexity index is 609. The zero-order valence-corrected chi connectivity index (χ0v) is 14.0. The van der Waals surface area contributed by atoms with Crippen LogP contribution in [-0.2, 0) is 11.2 Å². The molecule has 0 radical (unpaired) electrons. The lowest BCUT2D eigenvalue weighted by Crippen LogP contribution is -2.36. The smallest absolute Gasteiger partial charge is 0.128 e. The molecule has 1 aliphatic rings. The minimum atomic E-state index is 0.683. The van der Waals surface area contributed by atoms with Gasteiger partial charge in [0.05, 0.1) is 13.2 Å². The Morgan fingerprint density at radius 1 is 1.00 bits per heavy atom. The molecule has 122 valence electrons. The van der Waals surface area contributed by atoms with E-state index < -0.39 is 0 Å². The molecular weight excluding hydrogens is 310 g/mol. The van der Waals surface area contributed by atoms with Gasteiger partial charge in [-0.1, -0.05) is 29.8 Å². The van der Waals surface area contributed by atoms with Gasteiger partial charge in [-0.3, -0.25) is 4.90 Å². The van der Waals surface area contributed by atoms with E-state index in [0.29, 0.717) is 5.02 Å². The summed E-state index contributed by atoms with van der Waals surface area (Å²) in [6, 6.07) is 15.8. The first-order valence-corrected chi connectivity index (χ1v) is 8.50. The molecule has 0 saturated carbocycles. The summed E-state index contributed by atoms with van der Waals surface area (Å²) in [5.74, 6) is 1.60. The Kier molecular flexibility index (Phi) is 5.92. The predicted octanol–water partition coefficient (Wildman–Crippen LogP) is 4.40. The monoisotopic (exact) mass is 331 g/mol.